The average Bonchev–Trinajstić information content (AvgIpc) is 3.19. The van der Waals surface area contributed by atoms with Crippen molar-refractivity contribution in [1.29, 1.82) is 0 Å². The molecule has 1 aliphatic heterocycles. The molecule has 0 spiro atoms. The second-order valence-electron chi connectivity index (χ2n) is 7.05. The number of benzene rings is 1. The van der Waals surface area contributed by atoms with Gasteiger partial charge in [-0.15, -0.1) is 10.2 Å². The number of allylic oxidation sites excluding steroid dienone is 1. The Bertz CT molecular complexity index is 1130. The number of esters is 2. The van der Waals surface area contributed by atoms with Crippen molar-refractivity contribution in [2.24, 2.45) is 0 Å². The number of dihydropyridines is 1. The van der Waals surface area contributed by atoms with E-state index in [1.54, 1.807) is 39.0 Å². The molecule has 33 heavy (non-hydrogen) atoms. The van der Waals surface area contributed by atoms with Gasteiger partial charge in [0.1, 0.15) is 6.61 Å². The van der Waals surface area contributed by atoms with Crippen LogP contribution in [0.25, 0.3) is 0 Å². The van der Waals surface area contributed by atoms with Gasteiger partial charge in [0, 0.05) is 12.6 Å². The van der Waals surface area contributed by atoms with Crippen molar-refractivity contribution in [1.82, 2.24) is 15.5 Å². The summed E-state index contributed by atoms with van der Waals surface area (Å²) < 4.78 is 21.3. The van der Waals surface area contributed by atoms with Gasteiger partial charge in [0.15, 0.2) is 0 Å². The van der Waals surface area contributed by atoms with E-state index in [1.165, 1.54) is 7.11 Å². The molecule has 1 atom stereocenters. The molecule has 0 fully saturated rings. The third-order valence-corrected chi connectivity index (χ3v) is 5.71. The highest BCUT2D eigenvalue weighted by Gasteiger charge is 2.40. The monoisotopic (exact) mass is 495 g/mol. The molecule has 1 aromatic carbocycles. The molecule has 1 N–H and O–H groups in total. The van der Waals surface area contributed by atoms with E-state index in [0.717, 1.165) is 0 Å². The Morgan fingerprint density at radius 1 is 1.12 bits per heavy atom. The number of nitrogens with zero attached hydrogens (tertiary/aromatic N) is 2. The fraction of sp³-hybridized carbons (Fsp3) is 0.364. The summed E-state index contributed by atoms with van der Waals surface area (Å²) in [6.07, 6.45) is 0. The minimum absolute atomic E-state index is 0.0251. The van der Waals surface area contributed by atoms with Crippen LogP contribution in [0.5, 0.6) is 0 Å². The van der Waals surface area contributed by atoms with Crippen molar-refractivity contribution in [2.75, 3.05) is 20.3 Å². The molecule has 2 aromatic rings. The van der Waals surface area contributed by atoms with Crippen molar-refractivity contribution >= 4 is 35.1 Å². The molecule has 11 heteroatoms. The van der Waals surface area contributed by atoms with E-state index in [9.17, 15) is 9.59 Å². The zero-order valence-corrected chi connectivity index (χ0v) is 20.0. The van der Waals surface area contributed by atoms with Crippen LogP contribution in [0.1, 0.15) is 37.1 Å². The number of nitrogens with one attached hydrogen (secondary N) is 1. The molecule has 0 aliphatic carbocycles. The summed E-state index contributed by atoms with van der Waals surface area (Å²) in [5.74, 6) is -1.45. The standard InChI is InChI=1S/C22H23Cl2N3O6/c1-5-32-22(29)19-15(9-31-10-16-27-26-12(3)33-16)25-11(2)17(21(28)30-4)18(19)13-7-6-8-14(23)20(13)24/h6-8,18,25H,5,9-10H2,1-4H3. The minimum Gasteiger partial charge on any atom is -0.466 e. The Balaban J connectivity index is 2.09. The van der Waals surface area contributed by atoms with Crippen molar-refractivity contribution in [2.45, 2.75) is 33.3 Å². The summed E-state index contributed by atoms with van der Waals surface area (Å²) in [4.78, 5) is 25.9. The highest BCUT2D eigenvalue weighted by atomic mass is 35.5. The SMILES string of the molecule is CCOC(=O)C1=C(COCc2nnc(C)o2)NC(C)=C(C(=O)OC)C1c1cccc(Cl)c1Cl. The number of carbonyl (C=O) groups is 2. The molecule has 176 valence electrons. The molecule has 0 saturated heterocycles. The normalized spacial score (nSPS) is 16.0. The first-order valence-corrected chi connectivity index (χ1v) is 10.8. The van der Waals surface area contributed by atoms with E-state index in [2.05, 4.69) is 15.5 Å². The summed E-state index contributed by atoms with van der Waals surface area (Å²) >= 11 is 12.8. The fourth-order valence-electron chi connectivity index (χ4n) is 3.53. The Morgan fingerprint density at radius 2 is 1.88 bits per heavy atom. The fourth-order valence-corrected chi connectivity index (χ4v) is 3.95. The summed E-state index contributed by atoms with van der Waals surface area (Å²) in [6.45, 7) is 5.17. The number of methoxy groups -OCH3 is 1. The number of halogens is 2. The van der Waals surface area contributed by atoms with Gasteiger partial charge in [0.2, 0.25) is 11.8 Å². The second-order valence-corrected chi connectivity index (χ2v) is 7.84. The first-order valence-electron chi connectivity index (χ1n) is 10.0. The molecule has 0 radical (unpaired) electrons. The van der Waals surface area contributed by atoms with Crippen molar-refractivity contribution < 1.29 is 28.2 Å². The highest BCUT2D eigenvalue weighted by Crippen LogP contribution is 2.43. The lowest BCUT2D eigenvalue weighted by molar-refractivity contribution is -0.139. The maximum absolute atomic E-state index is 13.1. The maximum Gasteiger partial charge on any atom is 0.336 e. The van der Waals surface area contributed by atoms with Crippen LogP contribution < -0.4 is 5.32 Å². The quantitative estimate of drug-likeness (QED) is 0.545. The van der Waals surface area contributed by atoms with E-state index >= 15 is 0 Å². The van der Waals surface area contributed by atoms with Gasteiger partial charge in [-0.1, -0.05) is 35.3 Å². The van der Waals surface area contributed by atoms with Crippen molar-refractivity contribution in [3.05, 3.63) is 68.1 Å². The van der Waals surface area contributed by atoms with Gasteiger partial charge in [-0.05, 0) is 25.5 Å². The van der Waals surface area contributed by atoms with E-state index in [0.29, 0.717) is 28.7 Å². The summed E-state index contributed by atoms with van der Waals surface area (Å²) in [6, 6.07) is 5.00. The van der Waals surface area contributed by atoms with Crippen LogP contribution in [0, 0.1) is 6.92 Å². The average molecular weight is 496 g/mol. The highest BCUT2D eigenvalue weighted by molar-refractivity contribution is 6.42. The minimum atomic E-state index is -0.895. The molecule has 9 nitrogen and oxygen atoms in total. The second kappa shape index (κ2) is 10.8. The number of aryl methyl sites for hydroxylation is 1. The van der Waals surface area contributed by atoms with E-state index < -0.39 is 17.9 Å². The van der Waals surface area contributed by atoms with Crippen LogP contribution in [0.2, 0.25) is 10.0 Å². The van der Waals surface area contributed by atoms with Gasteiger partial charge < -0.3 is 23.9 Å². The van der Waals surface area contributed by atoms with Gasteiger partial charge in [0.25, 0.3) is 0 Å². The number of carbonyl (C=O) groups excluding carboxylic acids is 2. The predicted molar refractivity (Wildman–Crippen MR) is 119 cm³/mol. The number of hydrogen-bond donors (Lipinski definition) is 1. The molecule has 2 heterocycles. The van der Waals surface area contributed by atoms with Crippen LogP contribution in [0.4, 0.5) is 0 Å². The molecular formula is C22H23Cl2N3O6. The first kappa shape index (κ1) is 24.8. The van der Waals surface area contributed by atoms with Gasteiger partial charge in [0.05, 0.1) is 53.1 Å². The zero-order valence-electron chi connectivity index (χ0n) is 18.5. The van der Waals surface area contributed by atoms with E-state index in [4.69, 9.17) is 41.8 Å². The largest absolute Gasteiger partial charge is 0.466 e. The van der Waals surface area contributed by atoms with Gasteiger partial charge >= 0.3 is 11.9 Å². The summed E-state index contributed by atoms with van der Waals surface area (Å²) in [7, 11) is 1.26. The lowest BCUT2D eigenvalue weighted by Crippen LogP contribution is -2.34. The molecule has 1 unspecified atom stereocenters. The predicted octanol–water partition coefficient (Wildman–Crippen LogP) is 3.85. The maximum atomic E-state index is 13.1. The van der Waals surface area contributed by atoms with Crippen LogP contribution in [-0.2, 0) is 30.4 Å². The topological polar surface area (TPSA) is 113 Å². The van der Waals surface area contributed by atoms with Crippen LogP contribution in [-0.4, -0.2) is 42.5 Å². The Kier molecular flexibility index (Phi) is 8.12. The van der Waals surface area contributed by atoms with Gasteiger partial charge in [-0.25, -0.2) is 9.59 Å². The lowest BCUT2D eigenvalue weighted by Gasteiger charge is -2.31. The van der Waals surface area contributed by atoms with Crippen molar-refractivity contribution in [3.8, 4) is 0 Å². The molecular weight excluding hydrogens is 473 g/mol. The Morgan fingerprint density at radius 3 is 2.52 bits per heavy atom. The first-order chi connectivity index (χ1) is 15.8. The smallest absolute Gasteiger partial charge is 0.336 e. The summed E-state index contributed by atoms with van der Waals surface area (Å²) in [5, 5.41) is 11.2. The number of rotatable bonds is 8. The van der Waals surface area contributed by atoms with E-state index in [-0.39, 0.29) is 41.0 Å². The molecule has 0 bridgehead atoms. The Hall–Kier alpha value is -2.88. The zero-order chi connectivity index (χ0) is 24.1. The molecule has 0 amide bonds. The van der Waals surface area contributed by atoms with Crippen LogP contribution >= 0.6 is 23.2 Å². The third kappa shape index (κ3) is 5.38. The number of ether oxygens (including phenoxy) is 3. The number of aromatic nitrogens is 2. The van der Waals surface area contributed by atoms with Crippen molar-refractivity contribution in [3.63, 3.8) is 0 Å². The summed E-state index contributed by atoms with van der Waals surface area (Å²) in [5.41, 5.74) is 1.70. The lowest BCUT2D eigenvalue weighted by atomic mass is 9.80. The molecule has 3 rings (SSSR count). The number of hydrogen-bond acceptors (Lipinski definition) is 9. The molecule has 1 aliphatic rings. The van der Waals surface area contributed by atoms with Crippen LogP contribution in [0.3, 0.4) is 0 Å². The van der Waals surface area contributed by atoms with E-state index in [1.807, 2.05) is 0 Å². The molecule has 0 saturated carbocycles. The van der Waals surface area contributed by atoms with Gasteiger partial charge in [-0.3, -0.25) is 0 Å². The van der Waals surface area contributed by atoms with Crippen LogP contribution in [0.15, 0.2) is 45.2 Å². The third-order valence-electron chi connectivity index (χ3n) is 4.88. The molecule has 1 aromatic heterocycles. The van der Waals surface area contributed by atoms with Gasteiger partial charge in [-0.2, -0.15) is 0 Å². The Labute approximate surface area is 200 Å².